The Hall–Kier alpha value is -0.0400. The topological polar surface area (TPSA) is 23.8 Å². The van der Waals surface area contributed by atoms with Gasteiger partial charge < -0.3 is 0 Å². The smallest absolute Gasteiger partial charge is 0.0128 e. The van der Waals surface area contributed by atoms with Gasteiger partial charge in [0.05, 0.1) is 0 Å². The Kier molecular flexibility index (Phi) is 6.06. The zero-order valence-corrected chi connectivity index (χ0v) is 6.61. The standard InChI is InChI=1S/C8H18N/c1-3-5-8(7-9)6-4-2/h8-9H,3-7H2,1-2H3. The highest BCUT2D eigenvalue weighted by Gasteiger charge is 2.02. The third-order valence-corrected chi connectivity index (χ3v) is 1.68. The third kappa shape index (κ3) is 4.46. The summed E-state index contributed by atoms with van der Waals surface area (Å²) >= 11 is 0. The molecule has 0 saturated carbocycles. The van der Waals surface area contributed by atoms with Crippen molar-refractivity contribution in [1.82, 2.24) is 5.73 Å². The molecule has 1 nitrogen and oxygen atoms in total. The second-order valence-corrected chi connectivity index (χ2v) is 2.65. The van der Waals surface area contributed by atoms with Gasteiger partial charge in [-0.2, -0.15) is 0 Å². The highest BCUT2D eigenvalue weighted by atomic mass is 14.5. The lowest BCUT2D eigenvalue weighted by atomic mass is 9.99. The summed E-state index contributed by atoms with van der Waals surface area (Å²) in [6.45, 7) is 5.01. The molecule has 0 heterocycles. The summed E-state index contributed by atoms with van der Waals surface area (Å²) in [5, 5.41) is 0. The zero-order chi connectivity index (χ0) is 7.11. The van der Waals surface area contributed by atoms with E-state index in [4.69, 9.17) is 5.73 Å². The highest BCUT2D eigenvalue weighted by molar-refractivity contribution is 4.56. The fraction of sp³-hybridized carbons (Fsp3) is 1.00. The van der Waals surface area contributed by atoms with E-state index in [2.05, 4.69) is 13.8 Å². The van der Waals surface area contributed by atoms with Gasteiger partial charge in [0.2, 0.25) is 0 Å². The lowest BCUT2D eigenvalue weighted by Crippen LogP contribution is -2.05. The van der Waals surface area contributed by atoms with Crippen LogP contribution in [0.15, 0.2) is 0 Å². The van der Waals surface area contributed by atoms with Crippen molar-refractivity contribution in [2.75, 3.05) is 6.54 Å². The van der Waals surface area contributed by atoms with E-state index in [0.29, 0.717) is 12.5 Å². The quantitative estimate of drug-likeness (QED) is 0.543. The van der Waals surface area contributed by atoms with Crippen LogP contribution in [-0.4, -0.2) is 6.54 Å². The number of nitrogens with one attached hydrogen (secondary N) is 1. The minimum absolute atomic E-state index is 0.627. The SMILES string of the molecule is CCCC(C[NH])CCC. The number of hydrogen-bond acceptors (Lipinski definition) is 0. The first-order chi connectivity index (χ1) is 4.35. The predicted octanol–water partition coefficient (Wildman–Crippen LogP) is 2.49. The first-order valence-corrected chi connectivity index (χ1v) is 3.99. The molecule has 0 aliphatic rings. The average molecular weight is 128 g/mol. The van der Waals surface area contributed by atoms with Crippen molar-refractivity contribution in [2.45, 2.75) is 39.5 Å². The van der Waals surface area contributed by atoms with Crippen LogP contribution < -0.4 is 5.73 Å². The van der Waals surface area contributed by atoms with Crippen LogP contribution in [0.1, 0.15) is 39.5 Å². The Morgan fingerprint density at radius 1 is 1.11 bits per heavy atom. The molecule has 1 N–H and O–H groups in total. The molecule has 0 aromatic carbocycles. The summed E-state index contributed by atoms with van der Waals surface area (Å²) < 4.78 is 0. The number of hydrogen-bond donors (Lipinski definition) is 0. The Bertz CT molecular complexity index is 46.5. The predicted molar refractivity (Wildman–Crippen MR) is 41.3 cm³/mol. The molecule has 0 aromatic rings. The van der Waals surface area contributed by atoms with Crippen LogP contribution in [0, 0.1) is 5.92 Å². The third-order valence-electron chi connectivity index (χ3n) is 1.68. The molecular weight excluding hydrogens is 110 g/mol. The second-order valence-electron chi connectivity index (χ2n) is 2.65. The summed E-state index contributed by atoms with van der Waals surface area (Å²) in [7, 11) is 0. The molecule has 0 aliphatic carbocycles. The van der Waals surface area contributed by atoms with E-state index < -0.39 is 0 Å². The molecule has 0 spiro atoms. The van der Waals surface area contributed by atoms with Gasteiger partial charge in [-0.1, -0.05) is 26.7 Å². The molecule has 0 aliphatic heterocycles. The molecule has 0 fully saturated rings. The van der Waals surface area contributed by atoms with E-state index in [0.717, 1.165) is 0 Å². The van der Waals surface area contributed by atoms with E-state index in [-0.39, 0.29) is 0 Å². The van der Waals surface area contributed by atoms with E-state index >= 15 is 0 Å². The summed E-state index contributed by atoms with van der Waals surface area (Å²) in [6, 6.07) is 0. The van der Waals surface area contributed by atoms with E-state index in [1.165, 1.54) is 25.7 Å². The molecule has 0 atom stereocenters. The molecule has 0 saturated heterocycles. The van der Waals surface area contributed by atoms with E-state index in [9.17, 15) is 0 Å². The van der Waals surface area contributed by atoms with Crippen LogP contribution >= 0.6 is 0 Å². The van der Waals surface area contributed by atoms with Crippen LogP contribution in [0.4, 0.5) is 0 Å². The largest absolute Gasteiger partial charge is 0.258 e. The van der Waals surface area contributed by atoms with Gasteiger partial charge in [0, 0.05) is 6.54 Å². The Morgan fingerprint density at radius 3 is 1.78 bits per heavy atom. The van der Waals surface area contributed by atoms with Crippen LogP contribution in [0.5, 0.6) is 0 Å². The average Bonchev–Trinajstić information content (AvgIpc) is 1.88. The Morgan fingerprint density at radius 2 is 1.56 bits per heavy atom. The van der Waals surface area contributed by atoms with Gasteiger partial charge in [-0.15, -0.1) is 0 Å². The first kappa shape index (κ1) is 8.96. The van der Waals surface area contributed by atoms with Crippen LogP contribution in [0.3, 0.4) is 0 Å². The van der Waals surface area contributed by atoms with Gasteiger partial charge in [-0.05, 0) is 18.8 Å². The highest BCUT2D eigenvalue weighted by Crippen LogP contribution is 2.11. The maximum Gasteiger partial charge on any atom is 0.0128 e. The van der Waals surface area contributed by atoms with Crippen molar-refractivity contribution >= 4 is 0 Å². The minimum atomic E-state index is 0.627. The fourth-order valence-electron chi connectivity index (χ4n) is 1.16. The van der Waals surface area contributed by atoms with Crippen molar-refractivity contribution in [3.05, 3.63) is 0 Å². The second kappa shape index (κ2) is 6.09. The molecule has 0 rings (SSSR count). The van der Waals surface area contributed by atoms with Crippen molar-refractivity contribution < 1.29 is 0 Å². The van der Waals surface area contributed by atoms with E-state index in [1.807, 2.05) is 0 Å². The van der Waals surface area contributed by atoms with Crippen molar-refractivity contribution in [3.8, 4) is 0 Å². The van der Waals surface area contributed by atoms with Crippen molar-refractivity contribution in [2.24, 2.45) is 5.92 Å². The fourth-order valence-corrected chi connectivity index (χ4v) is 1.16. The molecular formula is C8H18N. The minimum Gasteiger partial charge on any atom is -0.258 e. The van der Waals surface area contributed by atoms with Crippen molar-refractivity contribution in [1.29, 1.82) is 0 Å². The lowest BCUT2D eigenvalue weighted by molar-refractivity contribution is 0.446. The molecule has 0 aromatic heterocycles. The summed E-state index contributed by atoms with van der Waals surface area (Å²) in [4.78, 5) is 0. The van der Waals surface area contributed by atoms with Gasteiger partial charge in [-0.25, -0.2) is 0 Å². The molecule has 1 radical (unpaired) electrons. The van der Waals surface area contributed by atoms with Gasteiger partial charge in [0.25, 0.3) is 0 Å². The zero-order valence-electron chi connectivity index (χ0n) is 6.61. The van der Waals surface area contributed by atoms with Gasteiger partial charge in [-0.3, -0.25) is 5.73 Å². The molecule has 55 valence electrons. The summed E-state index contributed by atoms with van der Waals surface area (Å²) in [6.07, 6.45) is 4.97. The normalized spacial score (nSPS) is 10.7. The molecule has 1 heteroatoms. The monoisotopic (exact) mass is 128 g/mol. The van der Waals surface area contributed by atoms with Crippen LogP contribution in [0.2, 0.25) is 0 Å². The van der Waals surface area contributed by atoms with Crippen LogP contribution in [0.25, 0.3) is 0 Å². The molecule has 0 bridgehead atoms. The molecule has 0 unspecified atom stereocenters. The maximum atomic E-state index is 7.17. The Balaban J connectivity index is 3.18. The van der Waals surface area contributed by atoms with Gasteiger partial charge >= 0.3 is 0 Å². The van der Waals surface area contributed by atoms with Crippen molar-refractivity contribution in [3.63, 3.8) is 0 Å². The summed E-state index contributed by atoms with van der Waals surface area (Å²) in [5.41, 5.74) is 7.17. The number of rotatable bonds is 5. The van der Waals surface area contributed by atoms with Crippen LogP contribution in [-0.2, 0) is 0 Å². The van der Waals surface area contributed by atoms with Gasteiger partial charge in [0.15, 0.2) is 0 Å². The van der Waals surface area contributed by atoms with Gasteiger partial charge in [0.1, 0.15) is 0 Å². The van der Waals surface area contributed by atoms with E-state index in [1.54, 1.807) is 0 Å². The maximum absolute atomic E-state index is 7.17. The Labute approximate surface area is 58.6 Å². The molecule has 0 amide bonds. The summed E-state index contributed by atoms with van der Waals surface area (Å²) in [5.74, 6) is 0.681. The lowest BCUT2D eigenvalue weighted by Gasteiger charge is -2.09. The first-order valence-electron chi connectivity index (χ1n) is 3.99. The molecule has 9 heavy (non-hydrogen) atoms.